The molecule has 0 saturated carbocycles. The topological polar surface area (TPSA) is 124 Å². The van der Waals surface area contributed by atoms with E-state index in [1.54, 1.807) is 0 Å². The number of esters is 1. The molecule has 0 aromatic heterocycles. The monoisotopic (exact) mass is 329 g/mol. The first-order valence-corrected chi connectivity index (χ1v) is 6.64. The summed E-state index contributed by atoms with van der Waals surface area (Å²) in [6.45, 7) is 1.38. The quantitative estimate of drug-likeness (QED) is 0.294. The average molecular weight is 329 g/mol. The van der Waals surface area contributed by atoms with Gasteiger partial charge in [0, 0.05) is 11.6 Å². The highest BCUT2D eigenvalue weighted by molar-refractivity contribution is 5.96. The first-order valence-electron chi connectivity index (χ1n) is 6.64. The van der Waals surface area contributed by atoms with E-state index in [4.69, 9.17) is 9.84 Å². The Morgan fingerprint density at radius 3 is 2.04 bits per heavy atom. The zero-order valence-electron chi connectivity index (χ0n) is 12.4. The molecule has 0 unspecified atom stereocenters. The summed E-state index contributed by atoms with van der Waals surface area (Å²) in [7, 11) is 0. The van der Waals surface area contributed by atoms with Crippen LogP contribution in [-0.2, 0) is 0 Å². The Morgan fingerprint density at radius 2 is 1.54 bits per heavy atom. The van der Waals surface area contributed by atoms with Crippen LogP contribution in [-0.4, -0.2) is 27.8 Å². The highest BCUT2D eigenvalue weighted by Crippen LogP contribution is 2.28. The lowest BCUT2D eigenvalue weighted by atomic mass is 10.1. The first-order chi connectivity index (χ1) is 11.3. The van der Waals surface area contributed by atoms with E-state index in [2.05, 4.69) is 0 Å². The minimum absolute atomic E-state index is 0.0941. The number of aromatic carboxylic acids is 1. The molecule has 0 amide bonds. The first kappa shape index (κ1) is 16.8. The van der Waals surface area contributed by atoms with Gasteiger partial charge in [-0.3, -0.25) is 14.9 Å². The fraction of sp³-hybridized carbons (Fsp3) is 0.0625. The van der Waals surface area contributed by atoms with Crippen LogP contribution in [0.15, 0.2) is 42.5 Å². The van der Waals surface area contributed by atoms with E-state index < -0.39 is 22.5 Å². The van der Waals surface area contributed by atoms with Gasteiger partial charge in [0.2, 0.25) is 5.75 Å². The highest BCUT2D eigenvalue weighted by Gasteiger charge is 2.21. The van der Waals surface area contributed by atoms with Crippen molar-refractivity contribution in [1.82, 2.24) is 0 Å². The number of nitro benzene ring substituents is 1. The fourth-order valence-electron chi connectivity index (χ4n) is 1.88. The molecule has 8 nitrogen and oxygen atoms in total. The number of rotatable bonds is 5. The van der Waals surface area contributed by atoms with Crippen LogP contribution < -0.4 is 4.74 Å². The summed E-state index contributed by atoms with van der Waals surface area (Å²) in [5, 5.41) is 19.9. The van der Waals surface area contributed by atoms with E-state index in [0.717, 1.165) is 18.2 Å². The number of Topliss-reactive ketones (excluding diaryl/α,β-unsaturated/α-hetero) is 1. The van der Waals surface area contributed by atoms with E-state index >= 15 is 0 Å². The summed E-state index contributed by atoms with van der Waals surface area (Å²) in [4.78, 5) is 44.3. The molecule has 8 heteroatoms. The lowest BCUT2D eigenvalue weighted by Crippen LogP contribution is -2.10. The lowest BCUT2D eigenvalue weighted by Gasteiger charge is -2.06. The molecule has 0 aliphatic rings. The number of hydrogen-bond donors (Lipinski definition) is 1. The molecule has 1 N–H and O–H groups in total. The summed E-state index contributed by atoms with van der Waals surface area (Å²) < 4.78 is 4.97. The average Bonchev–Trinajstić information content (AvgIpc) is 2.54. The predicted molar refractivity (Wildman–Crippen MR) is 81.5 cm³/mol. The van der Waals surface area contributed by atoms with Crippen LogP contribution >= 0.6 is 0 Å². The van der Waals surface area contributed by atoms with Crippen molar-refractivity contribution in [1.29, 1.82) is 0 Å². The normalized spacial score (nSPS) is 10.0. The van der Waals surface area contributed by atoms with Gasteiger partial charge >= 0.3 is 17.6 Å². The van der Waals surface area contributed by atoms with Crippen molar-refractivity contribution in [3.63, 3.8) is 0 Å². The molecule has 2 aromatic carbocycles. The smallest absolute Gasteiger partial charge is 0.343 e. The third-order valence-electron chi connectivity index (χ3n) is 3.13. The molecular formula is C16H11NO7. The molecule has 0 atom stereocenters. The van der Waals surface area contributed by atoms with E-state index in [0.29, 0.717) is 5.56 Å². The molecule has 0 fully saturated rings. The van der Waals surface area contributed by atoms with Crippen LogP contribution in [0.3, 0.4) is 0 Å². The second-order valence-electron chi connectivity index (χ2n) is 4.77. The summed E-state index contributed by atoms with van der Waals surface area (Å²) in [6.07, 6.45) is 0. The van der Waals surface area contributed by atoms with Crippen LogP contribution in [0.4, 0.5) is 5.69 Å². The third-order valence-corrected chi connectivity index (χ3v) is 3.13. The SMILES string of the molecule is CC(=O)c1ccc(C(=O)Oc2ccc(C(=O)O)cc2[N+](=O)[O-])cc1. The molecule has 0 saturated heterocycles. The number of hydrogen-bond acceptors (Lipinski definition) is 6. The van der Waals surface area contributed by atoms with Gasteiger partial charge in [0.05, 0.1) is 16.1 Å². The van der Waals surface area contributed by atoms with E-state index in [1.807, 2.05) is 0 Å². The summed E-state index contributed by atoms with van der Waals surface area (Å²) >= 11 is 0. The Balaban J connectivity index is 2.29. The van der Waals surface area contributed by atoms with Gasteiger partial charge in [-0.15, -0.1) is 0 Å². The Hall–Kier alpha value is -3.55. The molecule has 0 aliphatic heterocycles. The molecule has 2 rings (SSSR count). The van der Waals surface area contributed by atoms with Gasteiger partial charge in [0.1, 0.15) is 0 Å². The van der Waals surface area contributed by atoms with Gasteiger partial charge in [-0.05, 0) is 31.2 Å². The number of carboxylic acid groups (broad SMARTS) is 1. The van der Waals surface area contributed by atoms with Gasteiger partial charge < -0.3 is 9.84 Å². The van der Waals surface area contributed by atoms with Crippen molar-refractivity contribution in [2.24, 2.45) is 0 Å². The minimum Gasteiger partial charge on any atom is -0.478 e. The molecule has 0 radical (unpaired) electrons. The second kappa shape index (κ2) is 6.69. The molecule has 2 aromatic rings. The maximum atomic E-state index is 12.0. The van der Waals surface area contributed by atoms with Gasteiger partial charge in [-0.25, -0.2) is 9.59 Å². The molecule has 0 heterocycles. The number of carboxylic acids is 1. The van der Waals surface area contributed by atoms with Crippen LogP contribution in [0.2, 0.25) is 0 Å². The fourth-order valence-corrected chi connectivity index (χ4v) is 1.88. The van der Waals surface area contributed by atoms with Crippen LogP contribution in [0.25, 0.3) is 0 Å². The largest absolute Gasteiger partial charge is 0.478 e. The van der Waals surface area contributed by atoms with Crippen LogP contribution in [0.5, 0.6) is 5.75 Å². The number of ether oxygens (including phenoxy) is 1. The van der Waals surface area contributed by atoms with E-state index in [1.165, 1.54) is 31.2 Å². The van der Waals surface area contributed by atoms with Crippen molar-refractivity contribution in [3.05, 3.63) is 69.3 Å². The molecule has 0 aliphatic carbocycles. The van der Waals surface area contributed by atoms with Crippen LogP contribution in [0, 0.1) is 10.1 Å². The Bertz CT molecular complexity index is 840. The number of carbonyl (C=O) groups is 3. The van der Waals surface area contributed by atoms with Crippen LogP contribution in [0.1, 0.15) is 38.0 Å². The van der Waals surface area contributed by atoms with E-state index in [9.17, 15) is 24.5 Å². The van der Waals surface area contributed by atoms with Gasteiger partial charge in [0.15, 0.2) is 5.78 Å². The number of carbonyl (C=O) groups excluding carboxylic acids is 2. The second-order valence-corrected chi connectivity index (χ2v) is 4.77. The molecule has 0 bridgehead atoms. The summed E-state index contributed by atoms with van der Waals surface area (Å²) in [6, 6.07) is 8.53. The predicted octanol–water partition coefficient (Wildman–Crippen LogP) is 2.71. The molecule has 0 spiro atoms. The van der Waals surface area contributed by atoms with Crippen molar-refractivity contribution in [2.75, 3.05) is 0 Å². The Morgan fingerprint density at radius 1 is 1.00 bits per heavy atom. The maximum Gasteiger partial charge on any atom is 0.343 e. The Labute approximate surface area is 135 Å². The highest BCUT2D eigenvalue weighted by atomic mass is 16.6. The standard InChI is InChI=1S/C16H11NO7/c1-9(18)10-2-4-11(5-3-10)16(21)24-14-7-6-12(15(19)20)8-13(14)17(22)23/h2-8H,1H3,(H,19,20). The van der Waals surface area contributed by atoms with E-state index in [-0.39, 0.29) is 22.7 Å². The van der Waals surface area contributed by atoms with Crippen molar-refractivity contribution >= 4 is 23.4 Å². The molecular weight excluding hydrogens is 318 g/mol. The van der Waals surface area contributed by atoms with Gasteiger partial charge in [-0.2, -0.15) is 0 Å². The van der Waals surface area contributed by atoms with Gasteiger partial charge in [0.25, 0.3) is 0 Å². The number of nitro groups is 1. The molecule has 122 valence electrons. The Kier molecular flexibility index (Phi) is 4.69. The van der Waals surface area contributed by atoms with Gasteiger partial charge in [-0.1, -0.05) is 12.1 Å². The maximum absolute atomic E-state index is 12.0. The van der Waals surface area contributed by atoms with Crippen molar-refractivity contribution in [3.8, 4) is 5.75 Å². The molecule has 24 heavy (non-hydrogen) atoms. The van der Waals surface area contributed by atoms with Crippen molar-refractivity contribution in [2.45, 2.75) is 6.92 Å². The summed E-state index contributed by atoms with van der Waals surface area (Å²) in [5.74, 6) is -2.74. The number of ketones is 1. The zero-order chi connectivity index (χ0) is 17.9. The summed E-state index contributed by atoms with van der Waals surface area (Å²) in [5.41, 5.74) is -0.434. The number of benzene rings is 2. The number of nitrogens with zero attached hydrogens (tertiary/aromatic N) is 1. The zero-order valence-corrected chi connectivity index (χ0v) is 12.4. The minimum atomic E-state index is -1.34. The van der Waals surface area contributed by atoms with Crippen molar-refractivity contribution < 1.29 is 29.2 Å². The lowest BCUT2D eigenvalue weighted by molar-refractivity contribution is -0.385. The third kappa shape index (κ3) is 3.61.